The van der Waals surface area contributed by atoms with Crippen LogP contribution in [0.1, 0.15) is 0 Å². The first-order valence-corrected chi connectivity index (χ1v) is 16.8. The maximum atomic E-state index is 5.27. The van der Waals surface area contributed by atoms with Crippen LogP contribution in [0.15, 0.2) is 170 Å². The lowest BCUT2D eigenvalue weighted by atomic mass is 9.93. The number of pyridine rings is 4. The van der Waals surface area contributed by atoms with Crippen LogP contribution in [0.4, 0.5) is 0 Å². The Bertz CT molecular complexity index is 2920. The van der Waals surface area contributed by atoms with E-state index in [9.17, 15) is 0 Å². The Hall–Kier alpha value is -6.78. The summed E-state index contributed by atoms with van der Waals surface area (Å²) in [6.45, 7) is 0. The summed E-state index contributed by atoms with van der Waals surface area (Å²) in [5, 5.41) is 6.86. The van der Waals surface area contributed by atoms with Crippen molar-refractivity contribution < 1.29 is 0 Å². The molecule has 232 valence electrons. The van der Waals surface area contributed by atoms with E-state index in [1.165, 1.54) is 21.9 Å². The number of fused-ring (bicyclic) bond motifs is 6. The number of benzene rings is 6. The highest BCUT2D eigenvalue weighted by Gasteiger charge is 2.15. The third-order valence-corrected chi connectivity index (χ3v) is 9.68. The minimum atomic E-state index is 0.868. The van der Waals surface area contributed by atoms with Gasteiger partial charge in [0, 0.05) is 38.9 Å². The third-order valence-electron chi connectivity index (χ3n) is 9.68. The molecule has 50 heavy (non-hydrogen) atoms. The quantitative estimate of drug-likeness (QED) is 0.142. The number of nitrogens with zero attached hydrogens (tertiary/aromatic N) is 4. The first kappa shape index (κ1) is 28.3. The van der Waals surface area contributed by atoms with Crippen LogP contribution in [-0.4, -0.2) is 19.9 Å². The maximum absolute atomic E-state index is 5.27. The lowest BCUT2D eigenvalue weighted by Gasteiger charge is -2.14. The van der Waals surface area contributed by atoms with Crippen LogP contribution in [0.2, 0.25) is 0 Å². The maximum Gasteiger partial charge on any atom is 0.0978 e. The predicted octanol–water partition coefficient (Wildman–Crippen LogP) is 11.7. The second kappa shape index (κ2) is 11.4. The van der Waals surface area contributed by atoms with Crippen LogP contribution in [0.5, 0.6) is 0 Å². The number of rotatable bonds is 4. The van der Waals surface area contributed by atoms with Gasteiger partial charge in [-0.1, -0.05) is 121 Å². The second-order valence-corrected chi connectivity index (χ2v) is 12.7. The van der Waals surface area contributed by atoms with Crippen molar-refractivity contribution in [2.24, 2.45) is 0 Å². The molecule has 0 atom stereocenters. The highest BCUT2D eigenvalue weighted by atomic mass is 14.8. The van der Waals surface area contributed by atoms with Gasteiger partial charge in [-0.2, -0.15) is 0 Å². The van der Waals surface area contributed by atoms with Crippen LogP contribution < -0.4 is 0 Å². The molecule has 0 aliphatic rings. The van der Waals surface area contributed by atoms with Crippen molar-refractivity contribution in [3.63, 3.8) is 0 Å². The van der Waals surface area contributed by atoms with E-state index in [0.29, 0.717) is 0 Å². The summed E-state index contributed by atoms with van der Waals surface area (Å²) >= 11 is 0. The van der Waals surface area contributed by atoms with Crippen molar-refractivity contribution in [1.82, 2.24) is 19.9 Å². The van der Waals surface area contributed by atoms with E-state index in [2.05, 4.69) is 145 Å². The van der Waals surface area contributed by atoms with Crippen molar-refractivity contribution >= 4 is 54.4 Å². The molecule has 0 spiro atoms. The molecular formula is C46H28N4. The first-order valence-electron chi connectivity index (χ1n) is 16.8. The van der Waals surface area contributed by atoms with Gasteiger partial charge in [-0.25, -0.2) is 15.0 Å². The summed E-state index contributed by atoms with van der Waals surface area (Å²) in [6, 6.07) is 57.4. The van der Waals surface area contributed by atoms with E-state index in [1.54, 1.807) is 6.20 Å². The molecule has 10 aromatic rings. The van der Waals surface area contributed by atoms with Crippen molar-refractivity contribution in [1.29, 1.82) is 0 Å². The summed E-state index contributed by atoms with van der Waals surface area (Å²) in [5.41, 5.74) is 12.0. The Kier molecular flexibility index (Phi) is 6.46. The molecule has 4 heterocycles. The molecule has 0 N–H and O–H groups in total. The van der Waals surface area contributed by atoms with Crippen molar-refractivity contribution in [2.75, 3.05) is 0 Å². The number of hydrogen-bond acceptors (Lipinski definition) is 4. The van der Waals surface area contributed by atoms with Crippen LogP contribution in [0, 0.1) is 0 Å². The van der Waals surface area contributed by atoms with E-state index in [4.69, 9.17) is 15.0 Å². The standard InChI is InChI=1S/C46H28N4/c1-2-8-34-27-36(19-14-29(34)7-1)44-37-9-3-4-10-40(37)50-46-38(44)23-20-33-22-24-39(49-45(33)46)31-15-12-30(13-16-31)35-18-17-32-21-25-42(48-43(32)28-35)41-11-5-6-26-47-41/h1-28H. The molecule has 6 aromatic carbocycles. The molecule has 4 heteroatoms. The monoisotopic (exact) mass is 636 g/mol. The lowest BCUT2D eigenvalue weighted by molar-refractivity contribution is 1.28. The fraction of sp³-hybridized carbons (Fsp3) is 0. The Morgan fingerprint density at radius 2 is 1.02 bits per heavy atom. The summed E-state index contributed by atoms with van der Waals surface area (Å²) in [6.07, 6.45) is 1.80. The molecule has 0 bridgehead atoms. The molecule has 0 aliphatic heterocycles. The fourth-order valence-corrected chi connectivity index (χ4v) is 7.14. The highest BCUT2D eigenvalue weighted by Crippen LogP contribution is 2.39. The molecule has 0 aliphatic carbocycles. The zero-order chi connectivity index (χ0) is 33.0. The molecule has 0 amide bonds. The van der Waals surface area contributed by atoms with Crippen molar-refractivity contribution in [3.8, 4) is 44.9 Å². The number of aromatic nitrogens is 4. The summed E-state index contributed by atoms with van der Waals surface area (Å²) in [4.78, 5) is 19.9. The molecule has 0 radical (unpaired) electrons. The molecule has 0 unspecified atom stereocenters. The average molecular weight is 637 g/mol. The molecule has 10 rings (SSSR count). The van der Waals surface area contributed by atoms with E-state index in [0.717, 1.165) is 77.4 Å². The second-order valence-electron chi connectivity index (χ2n) is 12.7. The average Bonchev–Trinajstić information content (AvgIpc) is 3.19. The molecular weight excluding hydrogens is 609 g/mol. The summed E-state index contributed by atoms with van der Waals surface area (Å²) in [5.74, 6) is 0. The third kappa shape index (κ3) is 4.77. The van der Waals surface area contributed by atoms with Gasteiger partial charge < -0.3 is 0 Å². The van der Waals surface area contributed by atoms with Crippen LogP contribution in [0.3, 0.4) is 0 Å². The number of para-hydroxylation sites is 1. The van der Waals surface area contributed by atoms with Gasteiger partial charge in [0.15, 0.2) is 0 Å². The van der Waals surface area contributed by atoms with Gasteiger partial charge in [-0.05, 0) is 69.9 Å². The Morgan fingerprint density at radius 1 is 0.320 bits per heavy atom. The van der Waals surface area contributed by atoms with Crippen LogP contribution in [-0.2, 0) is 0 Å². The van der Waals surface area contributed by atoms with Gasteiger partial charge in [0.1, 0.15) is 0 Å². The zero-order valence-corrected chi connectivity index (χ0v) is 27.0. The van der Waals surface area contributed by atoms with Crippen LogP contribution in [0.25, 0.3) is 99.3 Å². The van der Waals surface area contributed by atoms with Gasteiger partial charge >= 0.3 is 0 Å². The lowest BCUT2D eigenvalue weighted by Crippen LogP contribution is -1.93. The van der Waals surface area contributed by atoms with Crippen LogP contribution >= 0.6 is 0 Å². The molecule has 4 aromatic heterocycles. The van der Waals surface area contributed by atoms with Gasteiger partial charge in [0.2, 0.25) is 0 Å². The van der Waals surface area contributed by atoms with Gasteiger partial charge in [-0.3, -0.25) is 4.98 Å². The van der Waals surface area contributed by atoms with Gasteiger partial charge in [-0.15, -0.1) is 0 Å². The smallest absolute Gasteiger partial charge is 0.0978 e. The first-order chi connectivity index (χ1) is 24.7. The molecule has 0 saturated carbocycles. The SMILES string of the molecule is c1ccc(-c2ccc3ccc(-c4ccc(-c5ccc6ccc7c(-c8ccc9ccccc9c8)c8ccccc8nc7c6n5)cc4)cc3n2)nc1. The fourth-order valence-electron chi connectivity index (χ4n) is 7.14. The van der Waals surface area contributed by atoms with E-state index in [1.807, 2.05) is 24.3 Å². The Morgan fingerprint density at radius 3 is 1.92 bits per heavy atom. The largest absolute Gasteiger partial charge is 0.255 e. The zero-order valence-electron chi connectivity index (χ0n) is 27.0. The van der Waals surface area contributed by atoms with E-state index >= 15 is 0 Å². The minimum absolute atomic E-state index is 0.868. The number of hydrogen-bond donors (Lipinski definition) is 0. The summed E-state index contributed by atoms with van der Waals surface area (Å²) in [7, 11) is 0. The predicted molar refractivity (Wildman–Crippen MR) is 207 cm³/mol. The Labute approximate surface area is 288 Å². The summed E-state index contributed by atoms with van der Waals surface area (Å²) < 4.78 is 0. The molecule has 4 nitrogen and oxygen atoms in total. The Balaban J connectivity index is 1.06. The van der Waals surface area contributed by atoms with Gasteiger partial charge in [0.25, 0.3) is 0 Å². The minimum Gasteiger partial charge on any atom is -0.255 e. The van der Waals surface area contributed by atoms with Crippen molar-refractivity contribution in [2.45, 2.75) is 0 Å². The molecule has 0 fully saturated rings. The van der Waals surface area contributed by atoms with E-state index < -0.39 is 0 Å². The van der Waals surface area contributed by atoms with E-state index in [-0.39, 0.29) is 0 Å². The highest BCUT2D eigenvalue weighted by molar-refractivity contribution is 6.16. The normalized spacial score (nSPS) is 11.6. The van der Waals surface area contributed by atoms with Gasteiger partial charge in [0.05, 0.1) is 39.1 Å². The molecule has 0 saturated heterocycles. The van der Waals surface area contributed by atoms with Crippen molar-refractivity contribution in [3.05, 3.63) is 170 Å². The topological polar surface area (TPSA) is 51.6 Å².